The van der Waals surface area contributed by atoms with Gasteiger partial charge in [0.2, 0.25) is 11.8 Å². The number of benzene rings is 2. The fourth-order valence-corrected chi connectivity index (χ4v) is 6.41. The summed E-state index contributed by atoms with van der Waals surface area (Å²) in [5.74, 6) is -0.256. The van der Waals surface area contributed by atoms with Gasteiger partial charge in [-0.3, -0.25) is 9.59 Å². The van der Waals surface area contributed by atoms with Gasteiger partial charge in [0.15, 0.2) is 9.84 Å². The van der Waals surface area contributed by atoms with Crippen LogP contribution in [0.5, 0.6) is 0 Å². The van der Waals surface area contributed by atoms with Crippen LogP contribution in [0.1, 0.15) is 55.7 Å². The van der Waals surface area contributed by atoms with E-state index in [0.29, 0.717) is 6.42 Å². The van der Waals surface area contributed by atoms with Crippen molar-refractivity contribution in [3.63, 3.8) is 0 Å². The number of hydrogen-bond acceptors (Lipinski definition) is 4. The third-order valence-corrected chi connectivity index (χ3v) is 8.77. The summed E-state index contributed by atoms with van der Waals surface area (Å²) in [7, 11) is -3.61. The van der Waals surface area contributed by atoms with E-state index in [4.69, 9.17) is 0 Å². The molecule has 0 saturated heterocycles. The van der Waals surface area contributed by atoms with Gasteiger partial charge in [-0.1, -0.05) is 12.1 Å². The van der Waals surface area contributed by atoms with E-state index in [0.717, 1.165) is 55.5 Å². The number of sulfone groups is 1. The molecule has 1 unspecified atom stereocenters. The van der Waals surface area contributed by atoms with Crippen molar-refractivity contribution >= 4 is 33.0 Å². The van der Waals surface area contributed by atoms with Crippen LogP contribution in [0.25, 0.3) is 0 Å². The Morgan fingerprint density at radius 1 is 1.06 bits per heavy atom. The predicted molar refractivity (Wildman–Crippen MR) is 128 cm³/mol. The highest BCUT2D eigenvalue weighted by molar-refractivity contribution is 7.91. The first-order chi connectivity index (χ1) is 15.8. The van der Waals surface area contributed by atoms with Crippen molar-refractivity contribution in [2.75, 3.05) is 16.0 Å². The van der Waals surface area contributed by atoms with Gasteiger partial charge in [0, 0.05) is 29.8 Å². The van der Waals surface area contributed by atoms with Gasteiger partial charge in [0.1, 0.15) is 0 Å². The van der Waals surface area contributed by atoms with E-state index in [2.05, 4.69) is 11.4 Å². The Balaban J connectivity index is 1.26. The second kappa shape index (κ2) is 8.60. The number of carbonyl (C=O) groups excluding carboxylic acids is 2. The first kappa shape index (κ1) is 22.1. The third kappa shape index (κ3) is 4.43. The molecule has 33 heavy (non-hydrogen) atoms. The summed E-state index contributed by atoms with van der Waals surface area (Å²) in [5, 5.41) is 2.93. The van der Waals surface area contributed by atoms with Crippen LogP contribution in [-0.2, 0) is 38.7 Å². The fourth-order valence-electron chi connectivity index (χ4n) is 5.12. The smallest absolute Gasteiger partial charge is 0.230 e. The fraction of sp³-hybridized carbons (Fsp3) is 0.462. The summed E-state index contributed by atoms with van der Waals surface area (Å²) in [6.07, 6.45) is 6.67. The minimum atomic E-state index is -3.61. The van der Waals surface area contributed by atoms with E-state index in [-0.39, 0.29) is 40.8 Å². The molecule has 1 atom stereocenters. The van der Waals surface area contributed by atoms with Crippen LogP contribution in [0.3, 0.4) is 0 Å². The lowest BCUT2D eigenvalue weighted by atomic mass is 9.90. The molecule has 1 heterocycles. The van der Waals surface area contributed by atoms with E-state index in [1.165, 1.54) is 11.1 Å². The van der Waals surface area contributed by atoms with Gasteiger partial charge < -0.3 is 10.2 Å². The van der Waals surface area contributed by atoms with Crippen LogP contribution in [0.2, 0.25) is 0 Å². The van der Waals surface area contributed by atoms with Crippen LogP contribution in [-0.4, -0.2) is 32.0 Å². The molecule has 5 rings (SSSR count). The first-order valence-corrected chi connectivity index (χ1v) is 13.6. The number of anilines is 2. The van der Waals surface area contributed by atoms with E-state index in [9.17, 15) is 18.0 Å². The highest BCUT2D eigenvalue weighted by Gasteiger charge is 2.39. The minimum absolute atomic E-state index is 0.0358. The molecular formula is C26H30N2O4S. The molecule has 0 aromatic heterocycles. The predicted octanol–water partition coefficient (Wildman–Crippen LogP) is 4.06. The minimum Gasteiger partial charge on any atom is -0.326 e. The molecule has 3 aliphatic rings. The molecule has 0 spiro atoms. The largest absolute Gasteiger partial charge is 0.326 e. The number of aryl methyl sites for hydroxylation is 1. The van der Waals surface area contributed by atoms with Crippen molar-refractivity contribution in [3.8, 4) is 0 Å². The molecule has 1 N–H and O–H groups in total. The van der Waals surface area contributed by atoms with Crippen molar-refractivity contribution in [2.45, 2.75) is 69.2 Å². The quantitative estimate of drug-likeness (QED) is 0.696. The van der Waals surface area contributed by atoms with Crippen LogP contribution >= 0.6 is 0 Å². The number of nitrogens with one attached hydrogen (secondary N) is 1. The van der Waals surface area contributed by atoms with Crippen LogP contribution in [0.4, 0.5) is 11.4 Å². The Labute approximate surface area is 195 Å². The second-order valence-electron chi connectivity index (χ2n) is 9.59. The molecule has 2 aromatic carbocycles. The molecule has 0 radical (unpaired) electrons. The van der Waals surface area contributed by atoms with Crippen molar-refractivity contribution in [3.05, 3.63) is 53.1 Å². The molecule has 1 aliphatic heterocycles. The maximum absolute atomic E-state index is 13.0. The van der Waals surface area contributed by atoms with Crippen LogP contribution < -0.4 is 10.2 Å². The Morgan fingerprint density at radius 2 is 1.85 bits per heavy atom. The van der Waals surface area contributed by atoms with Gasteiger partial charge in [-0.05, 0) is 92.8 Å². The molecule has 1 fully saturated rings. The number of rotatable bonds is 6. The number of fused-ring (bicyclic) bond motifs is 2. The molecule has 2 aromatic rings. The van der Waals surface area contributed by atoms with Crippen molar-refractivity contribution in [1.29, 1.82) is 0 Å². The van der Waals surface area contributed by atoms with Gasteiger partial charge in [-0.2, -0.15) is 0 Å². The lowest BCUT2D eigenvalue weighted by Crippen LogP contribution is -2.36. The Kier molecular flexibility index (Phi) is 5.77. The number of nitrogens with zero attached hydrogens (tertiary/aromatic N) is 1. The van der Waals surface area contributed by atoms with Crippen LogP contribution in [0, 0.1) is 5.92 Å². The van der Waals surface area contributed by atoms with Crippen molar-refractivity contribution < 1.29 is 18.0 Å². The van der Waals surface area contributed by atoms with Gasteiger partial charge in [0.25, 0.3) is 0 Å². The molecular weight excluding hydrogens is 436 g/mol. The number of hydrogen-bond donors (Lipinski definition) is 1. The normalized spacial score (nSPS) is 19.7. The Bertz CT molecular complexity index is 1220. The zero-order valence-corrected chi connectivity index (χ0v) is 19.8. The summed E-state index contributed by atoms with van der Waals surface area (Å²) < 4.78 is 26.0. The highest BCUT2D eigenvalue weighted by atomic mass is 32.2. The van der Waals surface area contributed by atoms with E-state index >= 15 is 0 Å². The average Bonchev–Trinajstić information content (AvgIpc) is 3.59. The SMILES string of the molecule is CC1Cc2cc(S(=O)(=O)CCC(=O)Nc3cccc4c3CCCC4)ccc2N1C(=O)C1CC1. The summed E-state index contributed by atoms with van der Waals surface area (Å²) in [6, 6.07) is 11.0. The zero-order chi connectivity index (χ0) is 23.2. The third-order valence-electron chi connectivity index (χ3n) is 7.06. The van der Waals surface area contributed by atoms with E-state index in [1.807, 2.05) is 24.0 Å². The monoisotopic (exact) mass is 466 g/mol. The van der Waals surface area contributed by atoms with E-state index < -0.39 is 9.84 Å². The second-order valence-corrected chi connectivity index (χ2v) is 11.7. The zero-order valence-electron chi connectivity index (χ0n) is 19.0. The maximum Gasteiger partial charge on any atom is 0.230 e. The van der Waals surface area contributed by atoms with Gasteiger partial charge in [-0.25, -0.2) is 8.42 Å². The molecule has 174 valence electrons. The maximum atomic E-state index is 13.0. The molecule has 7 heteroatoms. The lowest BCUT2D eigenvalue weighted by molar-refractivity contribution is -0.120. The molecule has 2 aliphatic carbocycles. The number of amides is 2. The molecule has 2 amide bonds. The highest BCUT2D eigenvalue weighted by Crippen LogP contribution is 2.39. The summed E-state index contributed by atoms with van der Waals surface area (Å²) in [5.41, 5.74) is 4.97. The summed E-state index contributed by atoms with van der Waals surface area (Å²) >= 11 is 0. The van der Waals surface area contributed by atoms with Gasteiger partial charge in [0.05, 0.1) is 10.6 Å². The van der Waals surface area contributed by atoms with Gasteiger partial charge in [-0.15, -0.1) is 0 Å². The Morgan fingerprint density at radius 3 is 2.64 bits per heavy atom. The van der Waals surface area contributed by atoms with E-state index in [1.54, 1.807) is 18.2 Å². The van der Waals surface area contributed by atoms with Gasteiger partial charge >= 0.3 is 0 Å². The van der Waals surface area contributed by atoms with Crippen molar-refractivity contribution in [2.24, 2.45) is 5.92 Å². The Hall–Kier alpha value is -2.67. The topological polar surface area (TPSA) is 83.6 Å². The van der Waals surface area contributed by atoms with Crippen LogP contribution in [0.15, 0.2) is 41.3 Å². The molecule has 1 saturated carbocycles. The first-order valence-electron chi connectivity index (χ1n) is 11.9. The standard InChI is InChI=1S/C26H30N2O4S/c1-17-15-20-16-21(11-12-24(20)28(17)26(30)19-9-10-19)33(31,32)14-13-25(29)27-23-8-4-6-18-5-2-3-7-22(18)23/h4,6,8,11-12,16-17,19H,2-3,5,7,9-10,13-15H2,1H3,(H,27,29). The molecule has 0 bridgehead atoms. The summed E-state index contributed by atoms with van der Waals surface area (Å²) in [6.45, 7) is 2.00. The van der Waals surface area contributed by atoms with Crippen molar-refractivity contribution in [1.82, 2.24) is 0 Å². The summed E-state index contributed by atoms with van der Waals surface area (Å²) in [4.78, 5) is 27.3. The lowest BCUT2D eigenvalue weighted by Gasteiger charge is -2.22. The molecule has 6 nitrogen and oxygen atoms in total. The average molecular weight is 467 g/mol. The number of carbonyl (C=O) groups is 2.